The Morgan fingerprint density at radius 1 is 0.543 bits per heavy atom. The third-order valence-corrected chi connectivity index (χ3v) is 30.3. The molecule has 0 radical (unpaired) electrons. The Balaban J connectivity index is 0.000000552. The van der Waals surface area contributed by atoms with Gasteiger partial charge in [0.25, 0.3) is 0 Å². The molecule has 0 unspecified atom stereocenters. The molecule has 0 atom stereocenters. The number of nitrogens with two attached hydrogens (primary N) is 4. The van der Waals surface area contributed by atoms with E-state index in [-0.39, 0.29) is 95.2 Å². The SMILES string of the molecule is C.C.C.C.C#Cc1cccc(C2(C(N)=O)CC2)c1.CC(C)(C)OC(=O)N1CCC(n2cc(Cc3ncc(C(F)(F)F)c(Cl)n3)cn2)CC1.CC(C)[Si](C#Cc1cccc(C2(C(N)=O)CC2)c1)(C(C)C)C(C)C.NC(=O)C1(c2cccc(Br)c2)CC1.NC(=O)C1(c2cccc(CCc3nc(Cc4cnn(C5CCNCC5)c4)ncc3C(F)(F)F)c2)CC1.[K][K].[K][K].[K][K].[K][K]. The van der Waals surface area contributed by atoms with Gasteiger partial charge in [-0.2, -0.15) is 36.5 Å². The van der Waals surface area contributed by atoms with E-state index in [1.54, 1.807) is 17.3 Å². The second-order valence-corrected chi connectivity index (χ2v) is 40.1. The van der Waals surface area contributed by atoms with E-state index in [0.717, 1.165) is 138 Å². The van der Waals surface area contributed by atoms with Gasteiger partial charge in [0.2, 0.25) is 23.6 Å². The summed E-state index contributed by atoms with van der Waals surface area (Å²) in [6.07, 6.45) is 15.6. The zero-order chi connectivity index (χ0) is 93.2. The van der Waals surface area contributed by atoms with Crippen molar-refractivity contribution in [3.05, 3.63) is 222 Å². The van der Waals surface area contributed by atoms with Crippen LogP contribution < -0.4 is 28.3 Å². The zero-order valence-corrected chi connectivity index (χ0v) is 104. The van der Waals surface area contributed by atoms with Crippen LogP contribution in [0.2, 0.25) is 21.8 Å². The minimum atomic E-state index is -4.59. The number of halogens is 8. The van der Waals surface area contributed by atoms with Crippen molar-refractivity contribution in [1.29, 1.82) is 0 Å². The number of ether oxygens (including phenoxy) is 1. The molecule has 6 aliphatic rings. The van der Waals surface area contributed by atoms with Crippen molar-refractivity contribution >= 4 is 318 Å². The summed E-state index contributed by atoms with van der Waals surface area (Å²) in [7, 11) is -1.73. The molecule has 9 N–H and O–H groups in total. The summed E-state index contributed by atoms with van der Waals surface area (Å²) in [6, 6.07) is 31.3. The molecule has 6 heterocycles. The second kappa shape index (κ2) is 61.0. The fraction of sp³-hybridized carbons (Fsp3) is 0.489. The summed E-state index contributed by atoms with van der Waals surface area (Å²) < 4.78 is 89.6. The van der Waals surface area contributed by atoms with Crippen LogP contribution in [0.5, 0.6) is 0 Å². The third kappa shape index (κ3) is 37.7. The Morgan fingerprint density at radius 2 is 0.922 bits per heavy atom. The zero-order valence-electron chi connectivity index (χ0n) is 75.6. The number of nitrogens with zero attached hydrogens (tertiary/aromatic N) is 9. The van der Waals surface area contributed by atoms with E-state index in [2.05, 4.69) is 116 Å². The van der Waals surface area contributed by atoms with Gasteiger partial charge >= 0.3 is 271 Å². The first-order valence-corrected chi connectivity index (χ1v) is 111. The minimum absolute atomic E-state index is 0. The number of amides is 5. The molecule has 0 spiro atoms. The monoisotopic (exact) mass is 2080 g/mol. The molecule has 8 aromatic rings. The average Bonchev–Trinajstić information content (AvgIpc) is 1.62. The summed E-state index contributed by atoms with van der Waals surface area (Å²) in [5, 5.41) is 11.5. The number of likely N-dealkylation sites (tertiary alicyclic amines) is 1. The van der Waals surface area contributed by atoms with Crippen LogP contribution in [0.15, 0.2) is 139 Å². The average molecular weight is 2090 g/mol. The van der Waals surface area contributed by atoms with Crippen LogP contribution in [0.25, 0.3) is 0 Å². The molecule has 0 bridgehead atoms. The summed E-state index contributed by atoms with van der Waals surface area (Å²) in [4.78, 5) is 75.8. The molecule has 4 aromatic carbocycles. The number of terminal acetylenes is 1. The second-order valence-electron chi connectivity index (χ2n) is 33.3. The van der Waals surface area contributed by atoms with Crippen LogP contribution in [0, 0.1) is 23.8 Å². The Kier molecular flexibility index (Phi) is 60.7. The number of benzene rings is 4. The molecule has 37 heteroatoms. The van der Waals surface area contributed by atoms with Crippen LogP contribution in [0.4, 0.5) is 31.1 Å². The fourth-order valence-electron chi connectivity index (χ4n) is 15.8. The van der Waals surface area contributed by atoms with Gasteiger partial charge in [0, 0.05) is 66.3 Å². The van der Waals surface area contributed by atoms with Crippen molar-refractivity contribution in [2.45, 2.75) is 263 Å². The standard InChI is InChI=1S/C26H29F3N6O.C21H31NOSi.C19H23ClF3N5O2.C12H11NO.C10H10BrNO.4CH4.8K/c27-26(28,29)21-15-32-23(13-18-14-33-35(16-18)20-6-10-31-11-7-20)34-22(21)5-4-17-2-1-3-19(12-17)25(8-9-25)24(30)36;1-15(2)24(16(3)4,17(5)6)13-10-18-8-7-9-19(14-18)21(11-12-21)20(22)23;1-18(2,3)30-17(29)27-6-4-13(5-7-27)28-11-12(9-25-28)8-15-24-10-14(16(20)26-15)19(21,22)23;1-2-9-4-3-5-10(8-9)12(6-7-12)11(13)14;11-8-3-1-2-7(6-8)10(4-5-10)9(12)13;;;;;;;;;;;;/h1-3,12,14-16,20,31H,4-11,13H2,(H2,30,36);7-9,14-17H,11-12H2,1-6H3,(H2,22,23);9-11,13H,4-8H2,1-3H3;1,3-5,8H,6-7H2,(H2,13,14);1-3,6H,4-5H2,(H2,12,13);4*1H4;;;;;;;;. The van der Waals surface area contributed by atoms with Crippen LogP contribution in [0.3, 0.4) is 0 Å². The Bertz CT molecular complexity index is 5020. The van der Waals surface area contributed by atoms with Gasteiger partial charge in [0.15, 0.2) is 0 Å². The van der Waals surface area contributed by atoms with Crippen molar-refractivity contribution in [3.63, 3.8) is 0 Å². The van der Waals surface area contributed by atoms with Crippen molar-refractivity contribution in [1.82, 2.24) is 49.7 Å². The first-order valence-electron chi connectivity index (χ1n) is 43.7. The number of nitrogens with one attached hydrogen (secondary N) is 1. The van der Waals surface area contributed by atoms with E-state index in [1.807, 2.05) is 134 Å². The topological polar surface area (TPSA) is 301 Å². The van der Waals surface area contributed by atoms with Crippen molar-refractivity contribution < 1.29 is 55.1 Å². The molecular weight excluding hydrogens is 1970 g/mol. The van der Waals surface area contributed by atoms with Crippen LogP contribution in [-0.4, -0.2) is 367 Å². The van der Waals surface area contributed by atoms with Crippen molar-refractivity contribution in [3.8, 4) is 23.8 Å². The maximum absolute atomic E-state index is 13.7. The Labute approximate surface area is 957 Å². The number of aromatic nitrogens is 8. The van der Waals surface area contributed by atoms with E-state index in [0.29, 0.717) is 73.5 Å². The number of piperidine rings is 2. The molecule has 4 aliphatic carbocycles. The molecule has 4 aromatic heterocycles. The van der Waals surface area contributed by atoms with Gasteiger partial charge in [-0.1, -0.05) is 171 Å². The van der Waals surface area contributed by atoms with Crippen LogP contribution in [-0.2, 0) is 83.6 Å². The molecule has 662 valence electrons. The Hall–Kier alpha value is 3.35. The number of carbonyl (C=O) groups excluding carboxylic acids is 5. The number of aryl methyl sites for hydroxylation is 2. The van der Waals surface area contributed by atoms with E-state index < -0.39 is 58.6 Å². The normalized spacial score (nSPS) is 15.6. The molecule has 4 saturated carbocycles. The van der Waals surface area contributed by atoms with Gasteiger partial charge in [0.1, 0.15) is 36.0 Å². The summed E-state index contributed by atoms with van der Waals surface area (Å²) in [5.74, 6) is 5.53. The van der Waals surface area contributed by atoms with Crippen LogP contribution in [0.1, 0.15) is 260 Å². The fourth-order valence-corrected chi connectivity index (χ4v) is 21.6. The summed E-state index contributed by atoms with van der Waals surface area (Å²) >= 11 is 19.0. The van der Waals surface area contributed by atoms with Gasteiger partial charge in [-0.15, -0.1) is 12.0 Å². The first-order chi connectivity index (χ1) is 59.2. The van der Waals surface area contributed by atoms with E-state index >= 15 is 0 Å². The number of primary amides is 4. The number of alkyl halides is 6. The molecule has 14 rings (SSSR count). The van der Waals surface area contributed by atoms with Crippen molar-refractivity contribution in [2.24, 2.45) is 22.9 Å². The molecule has 129 heavy (non-hydrogen) atoms. The van der Waals surface area contributed by atoms with Crippen LogP contribution >= 0.6 is 27.5 Å². The maximum atomic E-state index is 13.7. The Morgan fingerprint density at radius 3 is 1.31 bits per heavy atom. The van der Waals surface area contributed by atoms with Crippen molar-refractivity contribution in [2.75, 3.05) is 26.2 Å². The van der Waals surface area contributed by atoms with E-state index in [4.69, 9.17) is 45.7 Å². The summed E-state index contributed by atoms with van der Waals surface area (Å²) in [6.45, 7) is 22.4. The number of hydrogen-bond donors (Lipinski definition) is 5. The van der Waals surface area contributed by atoms with Gasteiger partial charge < -0.3 is 37.9 Å². The van der Waals surface area contributed by atoms with E-state index in [9.17, 15) is 50.3 Å². The van der Waals surface area contributed by atoms with Gasteiger partial charge in [-0.3, -0.25) is 28.5 Å². The molecular formula is C92H120BrClF6K8N14O6Si. The number of rotatable bonds is 20. The number of hydrogen-bond acceptors (Lipinski definition) is 13. The van der Waals surface area contributed by atoms with E-state index in [1.165, 1.54) is 253 Å². The molecule has 2 saturated heterocycles. The molecule has 20 nitrogen and oxygen atoms in total. The van der Waals surface area contributed by atoms with Gasteiger partial charge in [0.05, 0.1) is 57.4 Å². The summed E-state index contributed by atoms with van der Waals surface area (Å²) in [5.41, 5.74) is 31.4. The molecule has 5 amide bonds. The first kappa shape index (κ1) is 128. The third-order valence-electron chi connectivity index (χ3n) is 23.2. The van der Waals surface area contributed by atoms with Gasteiger partial charge in [-0.05, 0) is 216 Å². The predicted molar refractivity (Wildman–Crippen MR) is 516 cm³/mol. The molecule has 6 fully saturated rings. The van der Waals surface area contributed by atoms with Gasteiger partial charge in [-0.25, -0.2) is 24.7 Å². The quantitative estimate of drug-likeness (QED) is 0.0205. The predicted octanol–water partition coefficient (Wildman–Crippen LogP) is 15.4. The number of carbonyl (C=O) groups is 5. The molecule has 2 aliphatic heterocycles.